The van der Waals surface area contributed by atoms with Gasteiger partial charge in [0.2, 0.25) is 0 Å². The zero-order valence-corrected chi connectivity index (χ0v) is 15.3. The number of hydrogen-bond donors (Lipinski definition) is 1. The Bertz CT molecular complexity index is 439. The van der Waals surface area contributed by atoms with Crippen molar-refractivity contribution in [2.24, 2.45) is 0 Å². The molecule has 0 radical (unpaired) electrons. The summed E-state index contributed by atoms with van der Waals surface area (Å²) in [4.78, 5) is 2.50. The van der Waals surface area contributed by atoms with E-state index in [1.807, 2.05) is 11.7 Å². The van der Waals surface area contributed by atoms with Crippen LogP contribution in [0.15, 0.2) is 6.20 Å². The zero-order chi connectivity index (χ0) is 16.2. The van der Waals surface area contributed by atoms with E-state index >= 15 is 0 Å². The van der Waals surface area contributed by atoms with Crippen LogP contribution in [0.2, 0.25) is 5.02 Å². The molecule has 1 aromatic rings. The van der Waals surface area contributed by atoms with Crippen LogP contribution < -0.4 is 5.32 Å². The molecule has 4 nitrogen and oxygen atoms in total. The van der Waals surface area contributed by atoms with Crippen LogP contribution in [0.5, 0.6) is 0 Å². The van der Waals surface area contributed by atoms with Crippen molar-refractivity contribution >= 4 is 11.6 Å². The minimum absolute atomic E-state index is 0.00539. The first-order valence-electron chi connectivity index (χ1n) is 8.02. The minimum atomic E-state index is -0.00539. The smallest absolute Gasteiger partial charge is 0.0835 e. The van der Waals surface area contributed by atoms with Gasteiger partial charge in [-0.1, -0.05) is 32.4 Å². The molecule has 0 aliphatic rings. The predicted molar refractivity (Wildman–Crippen MR) is 91.0 cm³/mol. The quantitative estimate of drug-likeness (QED) is 0.790. The normalized spacial score (nSPS) is 16.5. The van der Waals surface area contributed by atoms with Gasteiger partial charge in [0, 0.05) is 11.6 Å². The second kappa shape index (κ2) is 7.61. The van der Waals surface area contributed by atoms with Gasteiger partial charge in [-0.05, 0) is 47.3 Å². The maximum absolute atomic E-state index is 6.47. The molecular formula is C16H31ClN4. The van der Waals surface area contributed by atoms with E-state index in [-0.39, 0.29) is 11.6 Å². The number of likely N-dealkylation sites (N-methyl/N-ethyl adjacent to an activating group) is 2. The lowest BCUT2D eigenvalue weighted by Crippen LogP contribution is -2.54. The predicted octanol–water partition coefficient (Wildman–Crippen LogP) is 3.89. The number of nitrogens with zero attached hydrogens (tertiary/aromatic N) is 3. The molecule has 122 valence electrons. The molecule has 0 saturated carbocycles. The lowest BCUT2D eigenvalue weighted by atomic mass is 9.84. The summed E-state index contributed by atoms with van der Waals surface area (Å²) in [5, 5.41) is 8.71. The van der Waals surface area contributed by atoms with E-state index in [0.717, 1.165) is 30.2 Å². The summed E-state index contributed by atoms with van der Waals surface area (Å²) in [5.74, 6) is 0. The topological polar surface area (TPSA) is 33.1 Å². The van der Waals surface area contributed by atoms with Crippen LogP contribution in [0.4, 0.5) is 0 Å². The van der Waals surface area contributed by atoms with Gasteiger partial charge in [0.05, 0.1) is 23.0 Å². The van der Waals surface area contributed by atoms with Gasteiger partial charge in [0.15, 0.2) is 0 Å². The van der Waals surface area contributed by atoms with E-state index in [2.05, 4.69) is 56.9 Å². The monoisotopic (exact) mass is 314 g/mol. The fourth-order valence-corrected chi connectivity index (χ4v) is 3.57. The van der Waals surface area contributed by atoms with Crippen LogP contribution in [-0.4, -0.2) is 40.4 Å². The van der Waals surface area contributed by atoms with E-state index in [1.165, 1.54) is 0 Å². The van der Waals surface area contributed by atoms with Crippen molar-refractivity contribution in [3.05, 3.63) is 16.9 Å². The second-order valence-corrected chi connectivity index (χ2v) is 6.43. The molecule has 0 aliphatic heterocycles. The third-order valence-electron chi connectivity index (χ3n) is 4.66. The summed E-state index contributed by atoms with van der Waals surface area (Å²) >= 11 is 6.47. The first kappa shape index (κ1) is 18.5. The fourth-order valence-electron chi connectivity index (χ4n) is 3.33. The summed E-state index contributed by atoms with van der Waals surface area (Å²) in [6.45, 7) is 15.3. The molecule has 1 aromatic heterocycles. The van der Waals surface area contributed by atoms with Crippen LogP contribution in [0.1, 0.15) is 65.7 Å². The molecule has 1 rings (SSSR count). The summed E-state index contributed by atoms with van der Waals surface area (Å²) in [5.41, 5.74) is 1.08. The highest BCUT2D eigenvalue weighted by molar-refractivity contribution is 6.31. The molecule has 0 saturated heterocycles. The molecular weight excluding hydrogens is 284 g/mol. The summed E-state index contributed by atoms with van der Waals surface area (Å²) in [6, 6.07) is 0.431. The van der Waals surface area contributed by atoms with Gasteiger partial charge in [-0.3, -0.25) is 9.58 Å². The first-order chi connectivity index (χ1) is 9.87. The van der Waals surface area contributed by atoms with Crippen LogP contribution in [-0.2, 0) is 0 Å². The van der Waals surface area contributed by atoms with E-state index in [4.69, 9.17) is 11.6 Å². The summed E-state index contributed by atoms with van der Waals surface area (Å²) in [7, 11) is 2.01. The Morgan fingerprint density at radius 1 is 1.33 bits per heavy atom. The Kier molecular flexibility index (Phi) is 6.70. The third kappa shape index (κ3) is 3.43. The van der Waals surface area contributed by atoms with Crippen LogP contribution in [0.25, 0.3) is 0 Å². The van der Waals surface area contributed by atoms with E-state index in [1.54, 1.807) is 6.20 Å². The first-order valence-corrected chi connectivity index (χ1v) is 8.40. The molecule has 0 bridgehead atoms. The van der Waals surface area contributed by atoms with E-state index < -0.39 is 0 Å². The number of rotatable bonds is 8. The van der Waals surface area contributed by atoms with Gasteiger partial charge in [-0.2, -0.15) is 5.10 Å². The summed E-state index contributed by atoms with van der Waals surface area (Å²) in [6.07, 6.45) is 2.80. The van der Waals surface area contributed by atoms with Gasteiger partial charge >= 0.3 is 0 Å². The molecule has 1 N–H and O–H groups in total. The number of nitrogens with one attached hydrogen (secondary N) is 1. The van der Waals surface area contributed by atoms with Crippen molar-refractivity contribution in [1.29, 1.82) is 0 Å². The fraction of sp³-hybridized carbons (Fsp3) is 0.812. The highest BCUT2D eigenvalue weighted by Crippen LogP contribution is 2.37. The molecule has 2 atom stereocenters. The molecule has 1 heterocycles. The van der Waals surface area contributed by atoms with E-state index in [9.17, 15) is 0 Å². The van der Waals surface area contributed by atoms with Crippen LogP contribution in [0.3, 0.4) is 0 Å². The van der Waals surface area contributed by atoms with Crippen molar-refractivity contribution in [2.75, 3.05) is 20.1 Å². The molecule has 2 unspecified atom stereocenters. The molecule has 0 spiro atoms. The number of hydrogen-bond acceptors (Lipinski definition) is 3. The molecule has 0 fully saturated rings. The SMILES string of the molecule is CCN(CC)C(C)(CC)C(NC)c1c(Cl)cnn1C(C)C. The summed E-state index contributed by atoms with van der Waals surface area (Å²) < 4.78 is 2.04. The van der Waals surface area contributed by atoms with Crippen LogP contribution in [0, 0.1) is 0 Å². The van der Waals surface area contributed by atoms with Crippen molar-refractivity contribution in [3.63, 3.8) is 0 Å². The van der Waals surface area contributed by atoms with Crippen molar-refractivity contribution in [2.45, 2.75) is 65.6 Å². The molecule has 0 amide bonds. The van der Waals surface area contributed by atoms with Gasteiger partial charge in [-0.15, -0.1) is 0 Å². The van der Waals surface area contributed by atoms with Gasteiger partial charge in [0.25, 0.3) is 0 Å². The average Bonchev–Trinajstić information content (AvgIpc) is 2.83. The molecule has 21 heavy (non-hydrogen) atoms. The molecule has 0 aromatic carbocycles. The minimum Gasteiger partial charge on any atom is -0.310 e. The maximum atomic E-state index is 6.47. The largest absolute Gasteiger partial charge is 0.310 e. The van der Waals surface area contributed by atoms with Gasteiger partial charge in [-0.25, -0.2) is 0 Å². The van der Waals surface area contributed by atoms with Crippen molar-refractivity contribution in [3.8, 4) is 0 Å². The van der Waals surface area contributed by atoms with Crippen LogP contribution >= 0.6 is 11.6 Å². The zero-order valence-electron chi connectivity index (χ0n) is 14.6. The Morgan fingerprint density at radius 2 is 1.90 bits per heavy atom. The van der Waals surface area contributed by atoms with Gasteiger partial charge in [0.1, 0.15) is 0 Å². The average molecular weight is 315 g/mol. The Balaban J connectivity index is 3.37. The molecule has 0 aliphatic carbocycles. The Morgan fingerprint density at radius 3 is 2.29 bits per heavy atom. The standard InChI is InChI=1S/C16H31ClN4/c1-8-16(6,20(9-2)10-3)15(18-7)14-13(17)11-19-21(14)12(4)5/h11-12,15,18H,8-10H2,1-7H3. The van der Waals surface area contributed by atoms with Crippen molar-refractivity contribution in [1.82, 2.24) is 20.0 Å². The Labute approximate surface area is 134 Å². The van der Waals surface area contributed by atoms with E-state index in [0.29, 0.717) is 6.04 Å². The lowest BCUT2D eigenvalue weighted by Gasteiger charge is -2.46. The second-order valence-electron chi connectivity index (χ2n) is 6.02. The maximum Gasteiger partial charge on any atom is 0.0835 e. The van der Waals surface area contributed by atoms with Crippen molar-refractivity contribution < 1.29 is 0 Å². The third-order valence-corrected chi connectivity index (χ3v) is 4.95. The molecule has 5 heteroatoms. The number of aromatic nitrogens is 2. The highest BCUT2D eigenvalue weighted by atomic mass is 35.5. The Hall–Kier alpha value is -0.580. The number of halogens is 1. The highest BCUT2D eigenvalue weighted by Gasteiger charge is 2.40. The van der Waals surface area contributed by atoms with Gasteiger partial charge < -0.3 is 5.32 Å². The lowest BCUT2D eigenvalue weighted by molar-refractivity contribution is 0.0690.